The summed E-state index contributed by atoms with van der Waals surface area (Å²) < 4.78 is 0. The molecule has 21 heavy (non-hydrogen) atoms. The molecule has 1 aliphatic rings. The fraction of sp³-hybridized carbons (Fsp3) is 0.529. The lowest BCUT2D eigenvalue weighted by Crippen LogP contribution is -2.39. The predicted octanol–water partition coefficient (Wildman–Crippen LogP) is 2.15. The van der Waals surface area contributed by atoms with Crippen molar-refractivity contribution in [2.24, 2.45) is 11.8 Å². The number of aryl methyl sites for hydroxylation is 1. The number of Topliss-reactive ketones (excluding diaryl/α,β-unsaturated/α-hetero) is 1. The second-order valence-electron chi connectivity index (χ2n) is 5.98. The van der Waals surface area contributed by atoms with Crippen LogP contribution in [-0.4, -0.2) is 23.3 Å². The first-order valence-corrected chi connectivity index (χ1v) is 7.52. The quantitative estimate of drug-likeness (QED) is 0.892. The third kappa shape index (κ3) is 3.91. The van der Waals surface area contributed by atoms with Gasteiger partial charge in [0, 0.05) is 25.3 Å². The van der Waals surface area contributed by atoms with E-state index in [0.717, 1.165) is 11.1 Å². The SMILES string of the molecule is Cc1ccccc1C(O)CNC(=O)C1CCC(=O)CC1C. The molecule has 4 nitrogen and oxygen atoms in total. The lowest BCUT2D eigenvalue weighted by molar-refractivity contribution is -0.131. The maximum absolute atomic E-state index is 12.2. The van der Waals surface area contributed by atoms with Crippen LogP contribution in [-0.2, 0) is 9.59 Å². The zero-order valence-corrected chi connectivity index (χ0v) is 12.6. The minimum absolute atomic E-state index is 0.0531. The zero-order valence-electron chi connectivity index (χ0n) is 12.6. The summed E-state index contributed by atoms with van der Waals surface area (Å²) in [5.74, 6) is 0.155. The highest BCUT2D eigenvalue weighted by Crippen LogP contribution is 2.27. The molecule has 1 saturated carbocycles. The highest BCUT2D eigenvalue weighted by Gasteiger charge is 2.31. The summed E-state index contributed by atoms with van der Waals surface area (Å²) in [5, 5.41) is 13.0. The minimum Gasteiger partial charge on any atom is -0.387 e. The fourth-order valence-corrected chi connectivity index (χ4v) is 2.99. The third-order valence-electron chi connectivity index (χ3n) is 4.32. The fourth-order valence-electron chi connectivity index (χ4n) is 2.99. The van der Waals surface area contributed by atoms with Gasteiger partial charge in [0.25, 0.3) is 0 Å². The molecule has 2 N–H and O–H groups in total. The van der Waals surface area contributed by atoms with E-state index in [-0.39, 0.29) is 30.1 Å². The smallest absolute Gasteiger partial charge is 0.223 e. The van der Waals surface area contributed by atoms with E-state index in [1.54, 1.807) is 0 Å². The molecule has 0 saturated heterocycles. The average Bonchev–Trinajstić information content (AvgIpc) is 2.45. The standard InChI is InChI=1S/C17H23NO3/c1-11-5-3-4-6-14(11)16(20)10-18-17(21)15-8-7-13(19)9-12(15)2/h3-6,12,15-16,20H,7-10H2,1-2H3,(H,18,21). The van der Waals surface area contributed by atoms with Crippen LogP contribution in [0, 0.1) is 18.8 Å². The zero-order chi connectivity index (χ0) is 15.4. The van der Waals surface area contributed by atoms with Gasteiger partial charge in [-0.3, -0.25) is 9.59 Å². The van der Waals surface area contributed by atoms with Crippen LogP contribution in [0.4, 0.5) is 0 Å². The highest BCUT2D eigenvalue weighted by molar-refractivity contribution is 5.85. The molecular formula is C17H23NO3. The van der Waals surface area contributed by atoms with Crippen LogP contribution in [0.3, 0.4) is 0 Å². The molecule has 0 spiro atoms. The molecule has 3 atom stereocenters. The molecule has 0 heterocycles. The number of rotatable bonds is 4. The van der Waals surface area contributed by atoms with Crippen molar-refractivity contribution in [1.29, 1.82) is 0 Å². The second kappa shape index (κ2) is 6.85. The molecule has 0 bridgehead atoms. The summed E-state index contributed by atoms with van der Waals surface area (Å²) in [6, 6.07) is 7.61. The predicted molar refractivity (Wildman–Crippen MR) is 80.7 cm³/mol. The molecular weight excluding hydrogens is 266 g/mol. The number of amides is 1. The second-order valence-corrected chi connectivity index (χ2v) is 5.98. The van der Waals surface area contributed by atoms with Crippen LogP contribution in [0.25, 0.3) is 0 Å². The van der Waals surface area contributed by atoms with Gasteiger partial charge in [0.1, 0.15) is 5.78 Å². The molecule has 3 unspecified atom stereocenters. The van der Waals surface area contributed by atoms with Crippen molar-refractivity contribution in [2.45, 2.75) is 39.2 Å². The number of aliphatic hydroxyl groups is 1. The van der Waals surface area contributed by atoms with Crippen LogP contribution in [0.5, 0.6) is 0 Å². The first-order chi connectivity index (χ1) is 9.99. The maximum atomic E-state index is 12.2. The van der Waals surface area contributed by atoms with Gasteiger partial charge in [0.15, 0.2) is 0 Å². The maximum Gasteiger partial charge on any atom is 0.223 e. The summed E-state index contributed by atoms with van der Waals surface area (Å²) in [4.78, 5) is 23.6. The number of hydrogen-bond donors (Lipinski definition) is 2. The van der Waals surface area contributed by atoms with E-state index < -0.39 is 6.10 Å². The van der Waals surface area contributed by atoms with Crippen molar-refractivity contribution in [3.05, 3.63) is 35.4 Å². The van der Waals surface area contributed by atoms with Crippen LogP contribution >= 0.6 is 0 Å². The van der Waals surface area contributed by atoms with E-state index in [4.69, 9.17) is 0 Å². The van der Waals surface area contributed by atoms with E-state index in [2.05, 4.69) is 5.32 Å². The summed E-state index contributed by atoms with van der Waals surface area (Å²) >= 11 is 0. The monoisotopic (exact) mass is 289 g/mol. The summed E-state index contributed by atoms with van der Waals surface area (Å²) in [7, 11) is 0. The average molecular weight is 289 g/mol. The van der Waals surface area contributed by atoms with E-state index in [9.17, 15) is 14.7 Å². The molecule has 2 rings (SSSR count). The Balaban J connectivity index is 1.89. The van der Waals surface area contributed by atoms with Crippen molar-refractivity contribution < 1.29 is 14.7 Å². The molecule has 1 amide bonds. The van der Waals surface area contributed by atoms with E-state index >= 15 is 0 Å². The minimum atomic E-state index is -0.698. The molecule has 1 aliphatic carbocycles. The van der Waals surface area contributed by atoms with Gasteiger partial charge < -0.3 is 10.4 Å². The summed E-state index contributed by atoms with van der Waals surface area (Å²) in [6.45, 7) is 4.09. The van der Waals surface area contributed by atoms with Crippen molar-refractivity contribution in [3.8, 4) is 0 Å². The Kier molecular flexibility index (Phi) is 5.12. The number of aliphatic hydroxyl groups excluding tert-OH is 1. The molecule has 0 aliphatic heterocycles. The van der Waals surface area contributed by atoms with Crippen molar-refractivity contribution >= 4 is 11.7 Å². The first-order valence-electron chi connectivity index (χ1n) is 7.52. The molecule has 1 aromatic rings. The van der Waals surface area contributed by atoms with Gasteiger partial charge in [-0.15, -0.1) is 0 Å². The molecule has 1 fully saturated rings. The van der Waals surface area contributed by atoms with E-state index in [0.29, 0.717) is 19.3 Å². The Morgan fingerprint density at radius 3 is 2.81 bits per heavy atom. The topological polar surface area (TPSA) is 66.4 Å². The van der Waals surface area contributed by atoms with Gasteiger partial charge in [-0.25, -0.2) is 0 Å². The third-order valence-corrected chi connectivity index (χ3v) is 4.32. The summed E-state index contributed by atoms with van der Waals surface area (Å²) in [5.41, 5.74) is 1.85. The van der Waals surface area contributed by atoms with E-state index in [1.165, 1.54) is 0 Å². The van der Waals surface area contributed by atoms with E-state index in [1.807, 2.05) is 38.1 Å². The van der Waals surface area contributed by atoms with Crippen LogP contribution < -0.4 is 5.32 Å². The first kappa shape index (κ1) is 15.7. The summed E-state index contributed by atoms with van der Waals surface area (Å²) in [6.07, 6.45) is 0.892. The number of nitrogens with one attached hydrogen (secondary N) is 1. The molecule has 0 radical (unpaired) electrons. The number of benzene rings is 1. The highest BCUT2D eigenvalue weighted by atomic mass is 16.3. The Morgan fingerprint density at radius 2 is 2.14 bits per heavy atom. The van der Waals surface area contributed by atoms with Crippen LogP contribution in [0.15, 0.2) is 24.3 Å². The van der Waals surface area contributed by atoms with Gasteiger partial charge in [0.05, 0.1) is 6.10 Å². The van der Waals surface area contributed by atoms with Gasteiger partial charge in [-0.1, -0.05) is 31.2 Å². The van der Waals surface area contributed by atoms with Gasteiger partial charge in [-0.05, 0) is 30.4 Å². The number of carbonyl (C=O) groups is 2. The van der Waals surface area contributed by atoms with Crippen LogP contribution in [0.1, 0.15) is 43.4 Å². The number of ketones is 1. The van der Waals surface area contributed by atoms with Crippen LogP contribution in [0.2, 0.25) is 0 Å². The van der Waals surface area contributed by atoms with Crippen molar-refractivity contribution in [3.63, 3.8) is 0 Å². The normalized spacial score (nSPS) is 23.7. The Labute approximate surface area is 125 Å². The Hall–Kier alpha value is -1.68. The van der Waals surface area contributed by atoms with Gasteiger partial charge in [0.2, 0.25) is 5.91 Å². The molecule has 114 valence electrons. The Bertz CT molecular complexity index is 527. The number of carbonyl (C=O) groups excluding carboxylic acids is 2. The lowest BCUT2D eigenvalue weighted by Gasteiger charge is -2.27. The van der Waals surface area contributed by atoms with Crippen molar-refractivity contribution in [2.75, 3.05) is 6.54 Å². The Morgan fingerprint density at radius 1 is 1.43 bits per heavy atom. The van der Waals surface area contributed by atoms with Gasteiger partial charge >= 0.3 is 0 Å². The molecule has 0 aromatic heterocycles. The van der Waals surface area contributed by atoms with Crippen molar-refractivity contribution in [1.82, 2.24) is 5.32 Å². The van der Waals surface area contributed by atoms with Gasteiger partial charge in [-0.2, -0.15) is 0 Å². The molecule has 4 heteroatoms. The lowest BCUT2D eigenvalue weighted by atomic mass is 9.79. The number of hydrogen-bond acceptors (Lipinski definition) is 3. The largest absolute Gasteiger partial charge is 0.387 e. The molecule has 1 aromatic carbocycles.